The topological polar surface area (TPSA) is 76.2 Å². The van der Waals surface area contributed by atoms with Crippen LogP contribution in [0.2, 0.25) is 10.2 Å². The molecule has 1 aromatic rings. The van der Waals surface area contributed by atoms with E-state index in [0.29, 0.717) is 10.6 Å². The largest absolute Gasteiger partial charge is 0.480 e. The maximum Gasteiger partial charge on any atom is 0.320 e. The van der Waals surface area contributed by atoms with Crippen LogP contribution in [-0.2, 0) is 11.2 Å². The van der Waals surface area contributed by atoms with E-state index in [1.54, 1.807) is 0 Å². The summed E-state index contributed by atoms with van der Waals surface area (Å²) in [4.78, 5) is 14.3. The lowest BCUT2D eigenvalue weighted by Crippen LogP contribution is -2.32. The van der Waals surface area contributed by atoms with Gasteiger partial charge in [0.05, 0.1) is 0 Å². The summed E-state index contributed by atoms with van der Waals surface area (Å²) in [7, 11) is 0. The van der Waals surface area contributed by atoms with Gasteiger partial charge >= 0.3 is 5.97 Å². The third-order valence-electron chi connectivity index (χ3n) is 1.65. The molecule has 0 aliphatic rings. The number of carboxylic acid groups (broad SMARTS) is 1. The highest BCUT2D eigenvalue weighted by atomic mass is 35.5. The molecule has 1 aromatic heterocycles. The van der Waals surface area contributed by atoms with Crippen LogP contribution in [-0.4, -0.2) is 22.1 Å². The molecular formula is C8H8Cl2N2O2. The summed E-state index contributed by atoms with van der Waals surface area (Å²) in [5, 5.41) is 9.22. The quantitative estimate of drug-likeness (QED) is 0.775. The number of hydrogen-bond acceptors (Lipinski definition) is 3. The molecule has 14 heavy (non-hydrogen) atoms. The average molecular weight is 235 g/mol. The van der Waals surface area contributed by atoms with Crippen molar-refractivity contribution in [1.29, 1.82) is 0 Å². The van der Waals surface area contributed by atoms with Crippen molar-refractivity contribution in [3.05, 3.63) is 28.0 Å². The zero-order valence-electron chi connectivity index (χ0n) is 7.08. The second-order valence-electron chi connectivity index (χ2n) is 2.75. The van der Waals surface area contributed by atoms with Crippen molar-refractivity contribution < 1.29 is 9.90 Å². The molecule has 1 rings (SSSR count). The number of nitrogens with two attached hydrogens (primary N) is 1. The van der Waals surface area contributed by atoms with Crippen LogP contribution in [0.25, 0.3) is 0 Å². The second kappa shape index (κ2) is 4.59. The Morgan fingerprint density at radius 3 is 2.79 bits per heavy atom. The van der Waals surface area contributed by atoms with E-state index in [1.807, 2.05) is 0 Å². The molecule has 0 radical (unpaired) electrons. The fraction of sp³-hybridized carbons (Fsp3) is 0.250. The molecule has 0 bridgehead atoms. The minimum absolute atomic E-state index is 0.137. The number of hydrogen-bond donors (Lipinski definition) is 2. The highest BCUT2D eigenvalue weighted by molar-refractivity contribution is 6.34. The van der Waals surface area contributed by atoms with Crippen LogP contribution in [0.3, 0.4) is 0 Å². The Labute approximate surface area is 90.6 Å². The number of aliphatic carboxylic acids is 1. The predicted octanol–water partition coefficient (Wildman–Crippen LogP) is 1.34. The maximum atomic E-state index is 10.5. The number of rotatable bonds is 3. The van der Waals surface area contributed by atoms with Gasteiger partial charge in [-0.25, -0.2) is 4.98 Å². The van der Waals surface area contributed by atoms with Gasteiger partial charge < -0.3 is 10.8 Å². The first-order valence-corrected chi connectivity index (χ1v) is 4.54. The molecular weight excluding hydrogens is 227 g/mol. The fourth-order valence-corrected chi connectivity index (χ4v) is 1.35. The standard InChI is InChI=1S/C8H8Cl2N2O2/c9-5-2-7(10)12-3-4(5)1-6(11)8(13)14/h2-3,6H,1,11H2,(H,13,14)/t6-/m1/s1. The van der Waals surface area contributed by atoms with Gasteiger partial charge in [0.1, 0.15) is 11.2 Å². The Hall–Kier alpha value is -0.840. The van der Waals surface area contributed by atoms with Gasteiger partial charge in [0.15, 0.2) is 0 Å². The van der Waals surface area contributed by atoms with Crippen LogP contribution < -0.4 is 5.73 Å². The summed E-state index contributed by atoms with van der Waals surface area (Å²) < 4.78 is 0. The summed E-state index contributed by atoms with van der Waals surface area (Å²) >= 11 is 11.4. The van der Waals surface area contributed by atoms with E-state index >= 15 is 0 Å². The van der Waals surface area contributed by atoms with Crippen LogP contribution in [0.4, 0.5) is 0 Å². The molecule has 0 spiro atoms. The summed E-state index contributed by atoms with van der Waals surface area (Å²) in [5.41, 5.74) is 5.91. The van der Waals surface area contributed by atoms with Crippen LogP contribution in [0, 0.1) is 0 Å². The van der Waals surface area contributed by atoms with E-state index in [9.17, 15) is 4.79 Å². The normalized spacial score (nSPS) is 12.5. The number of pyridine rings is 1. The van der Waals surface area contributed by atoms with E-state index in [4.69, 9.17) is 34.0 Å². The number of halogens is 2. The van der Waals surface area contributed by atoms with Crippen LogP contribution in [0.15, 0.2) is 12.3 Å². The molecule has 3 N–H and O–H groups in total. The molecule has 0 aromatic carbocycles. The molecule has 76 valence electrons. The van der Waals surface area contributed by atoms with Crippen LogP contribution >= 0.6 is 23.2 Å². The van der Waals surface area contributed by atoms with Crippen molar-refractivity contribution in [2.45, 2.75) is 12.5 Å². The number of nitrogens with zero attached hydrogens (tertiary/aromatic N) is 1. The molecule has 1 heterocycles. The van der Waals surface area contributed by atoms with Crippen LogP contribution in [0.5, 0.6) is 0 Å². The van der Waals surface area contributed by atoms with Gasteiger partial charge in [-0.05, 0) is 11.6 Å². The lowest BCUT2D eigenvalue weighted by atomic mass is 10.1. The molecule has 0 fully saturated rings. The summed E-state index contributed by atoms with van der Waals surface area (Å²) in [6, 6.07) is 0.475. The summed E-state index contributed by atoms with van der Waals surface area (Å²) in [5.74, 6) is -1.07. The van der Waals surface area contributed by atoms with Gasteiger partial charge in [-0.15, -0.1) is 0 Å². The zero-order chi connectivity index (χ0) is 10.7. The number of carboxylic acids is 1. The Morgan fingerprint density at radius 1 is 1.64 bits per heavy atom. The third kappa shape index (κ3) is 2.83. The summed E-state index contributed by atoms with van der Waals surface area (Å²) in [6.45, 7) is 0. The Balaban J connectivity index is 2.82. The van der Waals surface area contributed by atoms with Crippen molar-refractivity contribution >= 4 is 29.2 Å². The molecule has 6 heteroatoms. The van der Waals surface area contributed by atoms with E-state index in [0.717, 1.165) is 0 Å². The molecule has 0 aliphatic heterocycles. The van der Waals surface area contributed by atoms with Gasteiger partial charge in [0.25, 0.3) is 0 Å². The fourth-order valence-electron chi connectivity index (χ4n) is 0.910. The molecule has 0 amide bonds. The number of carbonyl (C=O) groups is 1. The summed E-state index contributed by atoms with van der Waals surface area (Å²) in [6.07, 6.45) is 1.56. The maximum absolute atomic E-state index is 10.5. The van der Waals surface area contributed by atoms with Crippen molar-refractivity contribution in [3.63, 3.8) is 0 Å². The van der Waals surface area contributed by atoms with E-state index in [2.05, 4.69) is 4.98 Å². The van der Waals surface area contributed by atoms with Crippen LogP contribution in [0.1, 0.15) is 5.56 Å². The van der Waals surface area contributed by atoms with Crippen molar-refractivity contribution in [3.8, 4) is 0 Å². The number of aromatic nitrogens is 1. The minimum Gasteiger partial charge on any atom is -0.480 e. The van der Waals surface area contributed by atoms with E-state index < -0.39 is 12.0 Å². The first-order valence-electron chi connectivity index (χ1n) is 3.79. The molecule has 1 atom stereocenters. The van der Waals surface area contributed by atoms with Gasteiger partial charge in [0.2, 0.25) is 0 Å². The molecule has 0 saturated carbocycles. The van der Waals surface area contributed by atoms with Gasteiger partial charge in [-0.2, -0.15) is 0 Å². The van der Waals surface area contributed by atoms with E-state index in [1.165, 1.54) is 12.3 Å². The first-order chi connectivity index (χ1) is 6.50. The third-order valence-corrected chi connectivity index (χ3v) is 2.21. The van der Waals surface area contributed by atoms with Crippen molar-refractivity contribution in [2.24, 2.45) is 5.73 Å². The molecule has 4 nitrogen and oxygen atoms in total. The Kier molecular flexibility index (Phi) is 3.69. The van der Waals surface area contributed by atoms with Gasteiger partial charge in [-0.1, -0.05) is 23.2 Å². The van der Waals surface area contributed by atoms with Crippen molar-refractivity contribution in [1.82, 2.24) is 4.98 Å². The second-order valence-corrected chi connectivity index (χ2v) is 3.54. The Bertz CT molecular complexity index is 357. The Morgan fingerprint density at radius 2 is 2.29 bits per heavy atom. The highest BCUT2D eigenvalue weighted by Gasteiger charge is 2.14. The molecule has 0 unspecified atom stereocenters. The first kappa shape index (κ1) is 11.2. The average Bonchev–Trinajstić information content (AvgIpc) is 2.09. The SMILES string of the molecule is N[C@H](Cc1cnc(Cl)cc1Cl)C(=O)O. The zero-order valence-corrected chi connectivity index (χ0v) is 8.59. The highest BCUT2D eigenvalue weighted by Crippen LogP contribution is 2.19. The lowest BCUT2D eigenvalue weighted by molar-refractivity contribution is -0.138. The van der Waals surface area contributed by atoms with Gasteiger partial charge in [-0.3, -0.25) is 4.79 Å². The molecule has 0 aliphatic carbocycles. The smallest absolute Gasteiger partial charge is 0.320 e. The predicted molar refractivity (Wildman–Crippen MR) is 53.6 cm³/mol. The van der Waals surface area contributed by atoms with Crippen molar-refractivity contribution in [2.75, 3.05) is 0 Å². The van der Waals surface area contributed by atoms with Gasteiger partial charge in [0, 0.05) is 17.6 Å². The lowest BCUT2D eigenvalue weighted by Gasteiger charge is -2.07. The van der Waals surface area contributed by atoms with E-state index in [-0.39, 0.29) is 11.6 Å². The minimum atomic E-state index is -1.07. The monoisotopic (exact) mass is 234 g/mol. The molecule has 0 saturated heterocycles.